The topological polar surface area (TPSA) is 126 Å². The minimum atomic E-state index is -3.30. The number of anilines is 4. The van der Waals surface area contributed by atoms with Crippen LogP contribution in [0.4, 0.5) is 22.9 Å². The van der Waals surface area contributed by atoms with E-state index in [-0.39, 0.29) is 0 Å². The zero-order chi connectivity index (χ0) is 20.4. The van der Waals surface area contributed by atoms with Crippen LogP contribution in [-0.2, 0) is 10.0 Å². The van der Waals surface area contributed by atoms with Crippen LogP contribution in [0.3, 0.4) is 0 Å². The van der Waals surface area contributed by atoms with Crippen LogP contribution < -0.4 is 21.1 Å². The molecule has 4 rings (SSSR count). The van der Waals surface area contributed by atoms with Crippen molar-refractivity contribution in [3.8, 4) is 0 Å². The lowest BCUT2D eigenvalue weighted by Gasteiger charge is -2.27. The van der Waals surface area contributed by atoms with Gasteiger partial charge in [-0.25, -0.2) is 17.9 Å². The Morgan fingerprint density at radius 1 is 1.10 bits per heavy atom. The van der Waals surface area contributed by atoms with Crippen LogP contribution in [0.1, 0.15) is 25.7 Å². The van der Waals surface area contributed by atoms with Gasteiger partial charge in [0.05, 0.1) is 11.9 Å². The summed E-state index contributed by atoms with van der Waals surface area (Å²) in [6.07, 6.45) is 8.73. The van der Waals surface area contributed by atoms with Crippen molar-refractivity contribution in [2.24, 2.45) is 5.73 Å². The Kier molecular flexibility index (Phi) is 5.29. The van der Waals surface area contributed by atoms with Gasteiger partial charge in [0, 0.05) is 41.9 Å². The van der Waals surface area contributed by atoms with E-state index in [0.717, 1.165) is 49.1 Å². The summed E-state index contributed by atoms with van der Waals surface area (Å²) in [5, 5.41) is 11.5. The van der Waals surface area contributed by atoms with Crippen LogP contribution in [0.25, 0.3) is 5.65 Å². The number of nitrogens with one attached hydrogen (secondary N) is 3. The molecule has 0 amide bonds. The molecule has 154 valence electrons. The SMILES string of the molecule is CS(=O)(=O)Nc1ccc(Nc2cc(NC3CCC(N)CC3)nn3ccnc23)cc1. The molecule has 2 heterocycles. The molecule has 1 aliphatic carbocycles. The Bertz CT molecular complexity index is 1090. The van der Waals surface area contributed by atoms with Gasteiger partial charge in [-0.3, -0.25) is 4.72 Å². The van der Waals surface area contributed by atoms with Crippen LogP contribution in [-0.4, -0.2) is 41.4 Å². The first-order valence-corrected chi connectivity index (χ1v) is 11.5. The van der Waals surface area contributed by atoms with Gasteiger partial charge in [-0.05, 0) is 49.9 Å². The fourth-order valence-corrected chi connectivity index (χ4v) is 4.11. The number of nitrogens with zero attached hydrogens (tertiary/aromatic N) is 3. The highest BCUT2D eigenvalue weighted by molar-refractivity contribution is 7.92. The number of nitrogens with two attached hydrogens (primary N) is 1. The highest BCUT2D eigenvalue weighted by atomic mass is 32.2. The summed E-state index contributed by atoms with van der Waals surface area (Å²) in [4.78, 5) is 4.38. The van der Waals surface area contributed by atoms with E-state index < -0.39 is 10.0 Å². The third-order valence-electron chi connectivity index (χ3n) is 4.95. The molecule has 0 saturated heterocycles. The normalized spacial score (nSPS) is 19.8. The van der Waals surface area contributed by atoms with E-state index in [1.807, 2.05) is 24.4 Å². The average molecular weight is 416 g/mol. The Labute approximate surface area is 169 Å². The van der Waals surface area contributed by atoms with Gasteiger partial charge >= 0.3 is 0 Å². The first-order valence-electron chi connectivity index (χ1n) is 9.57. The molecule has 1 fully saturated rings. The second-order valence-corrected chi connectivity index (χ2v) is 9.22. The van der Waals surface area contributed by atoms with Crippen molar-refractivity contribution in [3.05, 3.63) is 42.7 Å². The van der Waals surface area contributed by atoms with E-state index in [0.29, 0.717) is 23.4 Å². The maximum atomic E-state index is 11.4. The lowest BCUT2D eigenvalue weighted by atomic mass is 9.92. The number of rotatable bonds is 6. The molecule has 0 atom stereocenters. The molecule has 1 aromatic carbocycles. The molecule has 0 aliphatic heterocycles. The maximum absolute atomic E-state index is 11.4. The molecule has 1 saturated carbocycles. The summed E-state index contributed by atoms with van der Waals surface area (Å²) < 4.78 is 26.9. The molecular weight excluding hydrogens is 390 g/mol. The molecule has 9 nitrogen and oxygen atoms in total. The second kappa shape index (κ2) is 7.88. The van der Waals surface area contributed by atoms with Gasteiger partial charge in [-0.1, -0.05) is 0 Å². The molecule has 5 N–H and O–H groups in total. The molecule has 2 aromatic heterocycles. The van der Waals surface area contributed by atoms with Crippen molar-refractivity contribution in [1.82, 2.24) is 14.6 Å². The van der Waals surface area contributed by atoms with Crippen LogP contribution in [0.5, 0.6) is 0 Å². The van der Waals surface area contributed by atoms with Gasteiger partial charge in [-0.15, -0.1) is 5.10 Å². The van der Waals surface area contributed by atoms with E-state index in [1.165, 1.54) is 0 Å². The summed E-state index contributed by atoms with van der Waals surface area (Å²) in [6.45, 7) is 0. The highest BCUT2D eigenvalue weighted by Gasteiger charge is 2.19. The summed E-state index contributed by atoms with van der Waals surface area (Å²) in [6, 6.07) is 9.63. The van der Waals surface area contributed by atoms with Crippen LogP contribution in [0, 0.1) is 0 Å². The third kappa shape index (κ3) is 4.96. The standard InChI is InChI=1S/C19H25N7O2S/c1-29(27,28)25-16-8-6-14(7-9-16)22-17-12-18(24-26-11-10-21-19(17)26)23-15-4-2-13(20)3-5-15/h6-13,15,22,25H,2-5,20H2,1H3,(H,23,24). The van der Waals surface area contributed by atoms with Gasteiger partial charge in [0.1, 0.15) is 5.82 Å². The van der Waals surface area contributed by atoms with Crippen LogP contribution in [0.2, 0.25) is 0 Å². The predicted octanol–water partition coefficient (Wildman–Crippen LogP) is 2.53. The summed E-state index contributed by atoms with van der Waals surface area (Å²) in [7, 11) is -3.30. The molecular formula is C19H25N7O2S. The molecule has 0 spiro atoms. The Hall–Kier alpha value is -2.85. The van der Waals surface area contributed by atoms with E-state index in [4.69, 9.17) is 5.73 Å². The van der Waals surface area contributed by atoms with Crippen molar-refractivity contribution in [3.63, 3.8) is 0 Å². The predicted molar refractivity (Wildman–Crippen MR) is 115 cm³/mol. The van der Waals surface area contributed by atoms with Crippen LogP contribution in [0.15, 0.2) is 42.7 Å². The Balaban J connectivity index is 1.54. The second-order valence-electron chi connectivity index (χ2n) is 7.47. The largest absolute Gasteiger partial charge is 0.366 e. The van der Waals surface area contributed by atoms with Gasteiger partial charge in [0.2, 0.25) is 10.0 Å². The molecule has 0 bridgehead atoms. The van der Waals surface area contributed by atoms with E-state index in [2.05, 4.69) is 25.4 Å². The molecule has 0 unspecified atom stereocenters. The Morgan fingerprint density at radius 3 is 2.48 bits per heavy atom. The zero-order valence-corrected chi connectivity index (χ0v) is 17.0. The summed E-state index contributed by atoms with van der Waals surface area (Å²) in [5.74, 6) is 0.772. The first kappa shape index (κ1) is 19.5. The molecule has 3 aromatic rings. The quantitative estimate of drug-likeness (QED) is 0.487. The van der Waals surface area contributed by atoms with Gasteiger partial charge in [0.15, 0.2) is 5.65 Å². The molecule has 0 radical (unpaired) electrons. The fourth-order valence-electron chi connectivity index (χ4n) is 3.54. The molecule has 1 aliphatic rings. The van der Waals surface area contributed by atoms with Crippen molar-refractivity contribution in [1.29, 1.82) is 0 Å². The summed E-state index contributed by atoms with van der Waals surface area (Å²) >= 11 is 0. The first-order chi connectivity index (χ1) is 13.9. The van der Waals surface area contributed by atoms with Crippen molar-refractivity contribution in [2.45, 2.75) is 37.8 Å². The average Bonchev–Trinajstić information content (AvgIpc) is 3.13. The number of imidazole rings is 1. The number of hydrogen-bond donors (Lipinski definition) is 4. The van der Waals surface area contributed by atoms with E-state index in [1.54, 1.807) is 22.8 Å². The third-order valence-corrected chi connectivity index (χ3v) is 5.56. The minimum Gasteiger partial charge on any atom is -0.366 e. The minimum absolute atomic E-state index is 0.300. The lowest BCUT2D eigenvalue weighted by Crippen LogP contribution is -2.33. The number of sulfonamides is 1. The van der Waals surface area contributed by atoms with Crippen molar-refractivity contribution < 1.29 is 8.42 Å². The van der Waals surface area contributed by atoms with Gasteiger partial charge in [0.25, 0.3) is 0 Å². The van der Waals surface area contributed by atoms with Gasteiger partial charge < -0.3 is 16.4 Å². The fraction of sp³-hybridized carbons (Fsp3) is 0.368. The number of fused-ring (bicyclic) bond motifs is 1. The van der Waals surface area contributed by atoms with Crippen molar-refractivity contribution in [2.75, 3.05) is 21.6 Å². The zero-order valence-electron chi connectivity index (χ0n) is 16.2. The van der Waals surface area contributed by atoms with Crippen molar-refractivity contribution >= 4 is 38.6 Å². The van der Waals surface area contributed by atoms with E-state index in [9.17, 15) is 8.42 Å². The monoisotopic (exact) mass is 415 g/mol. The molecule has 29 heavy (non-hydrogen) atoms. The Morgan fingerprint density at radius 2 is 1.79 bits per heavy atom. The maximum Gasteiger partial charge on any atom is 0.229 e. The summed E-state index contributed by atoms with van der Waals surface area (Å²) in [5.41, 5.74) is 8.84. The number of benzene rings is 1. The van der Waals surface area contributed by atoms with Gasteiger partial charge in [-0.2, -0.15) is 0 Å². The van der Waals surface area contributed by atoms with E-state index >= 15 is 0 Å². The number of aromatic nitrogens is 3. The number of hydrogen-bond acceptors (Lipinski definition) is 7. The molecule has 10 heteroatoms. The highest BCUT2D eigenvalue weighted by Crippen LogP contribution is 2.26. The lowest BCUT2D eigenvalue weighted by molar-refractivity contribution is 0.410. The smallest absolute Gasteiger partial charge is 0.229 e. The van der Waals surface area contributed by atoms with Crippen LogP contribution >= 0.6 is 0 Å².